The molecule has 1 saturated carbocycles. The molecule has 0 bridgehead atoms. The van der Waals surface area contributed by atoms with Crippen LogP contribution in [-0.4, -0.2) is 25.9 Å². The number of hydrogen-bond acceptors (Lipinski definition) is 3. The molecule has 1 heterocycles. The molecule has 1 unspecified atom stereocenters. The van der Waals surface area contributed by atoms with Crippen molar-refractivity contribution in [1.82, 2.24) is 0 Å². The summed E-state index contributed by atoms with van der Waals surface area (Å²) in [5.41, 5.74) is 7.23. The fraction of sp³-hybridized carbons (Fsp3) is 0.500. The van der Waals surface area contributed by atoms with Crippen LogP contribution in [0.1, 0.15) is 42.5 Å². The highest BCUT2D eigenvalue weighted by molar-refractivity contribution is 5.70. The number of rotatable bonds is 7. The summed E-state index contributed by atoms with van der Waals surface area (Å²) < 4.78 is 17.3. The molecule has 1 aliphatic heterocycles. The van der Waals surface area contributed by atoms with Gasteiger partial charge in [-0.1, -0.05) is 7.43 Å². The van der Waals surface area contributed by atoms with E-state index in [1.165, 1.54) is 46.2 Å². The van der Waals surface area contributed by atoms with Gasteiger partial charge in [-0.2, -0.15) is 0 Å². The third-order valence-corrected chi connectivity index (χ3v) is 5.23. The Morgan fingerprint density at radius 1 is 0.778 bits per heavy atom. The van der Waals surface area contributed by atoms with E-state index in [-0.39, 0.29) is 13.5 Å². The molecule has 27 heavy (non-hydrogen) atoms. The van der Waals surface area contributed by atoms with E-state index in [2.05, 4.69) is 52.0 Å². The quantitative estimate of drug-likeness (QED) is 0.580. The molecule has 1 aliphatic carbocycles. The molecular weight excluding hydrogens is 336 g/mol. The van der Waals surface area contributed by atoms with Gasteiger partial charge in [0.05, 0.1) is 13.2 Å². The Bertz CT molecular complexity index is 701. The Balaban J connectivity index is 0.00000210. The maximum absolute atomic E-state index is 6.08. The van der Waals surface area contributed by atoms with Crippen molar-refractivity contribution < 1.29 is 14.2 Å². The Hall–Kier alpha value is -2.00. The first-order chi connectivity index (χ1) is 12.5. The van der Waals surface area contributed by atoms with Gasteiger partial charge >= 0.3 is 0 Å². The number of epoxide rings is 1. The van der Waals surface area contributed by atoms with Gasteiger partial charge in [-0.3, -0.25) is 0 Å². The number of aryl methyl sites for hydroxylation is 4. The van der Waals surface area contributed by atoms with Crippen LogP contribution >= 0.6 is 0 Å². The number of benzene rings is 2. The Morgan fingerprint density at radius 2 is 1.19 bits per heavy atom. The first-order valence-electron chi connectivity index (χ1n) is 9.61. The van der Waals surface area contributed by atoms with Crippen molar-refractivity contribution in [3.05, 3.63) is 46.5 Å². The van der Waals surface area contributed by atoms with E-state index in [9.17, 15) is 0 Å². The van der Waals surface area contributed by atoms with Crippen LogP contribution in [0.2, 0.25) is 0 Å². The van der Waals surface area contributed by atoms with E-state index in [4.69, 9.17) is 14.2 Å². The summed E-state index contributed by atoms with van der Waals surface area (Å²) in [7, 11) is 0. The van der Waals surface area contributed by atoms with Crippen LogP contribution < -0.4 is 9.47 Å². The summed E-state index contributed by atoms with van der Waals surface area (Å²) in [5.74, 6) is 2.81. The molecule has 1 saturated heterocycles. The lowest BCUT2D eigenvalue weighted by Crippen LogP contribution is -2.06. The Morgan fingerprint density at radius 3 is 1.56 bits per heavy atom. The van der Waals surface area contributed by atoms with Crippen LogP contribution in [0.4, 0.5) is 0 Å². The van der Waals surface area contributed by atoms with Gasteiger partial charge < -0.3 is 14.2 Å². The van der Waals surface area contributed by atoms with E-state index in [0.29, 0.717) is 6.61 Å². The first-order valence-corrected chi connectivity index (χ1v) is 9.61. The highest BCUT2D eigenvalue weighted by atomic mass is 16.6. The van der Waals surface area contributed by atoms with Crippen molar-refractivity contribution >= 4 is 0 Å². The van der Waals surface area contributed by atoms with E-state index >= 15 is 0 Å². The normalized spacial score (nSPS) is 18.0. The van der Waals surface area contributed by atoms with Crippen LogP contribution in [0.25, 0.3) is 11.1 Å². The zero-order chi connectivity index (χ0) is 18.3. The highest BCUT2D eigenvalue weighted by Gasteiger charge is 2.24. The minimum atomic E-state index is 0. The molecule has 0 N–H and O–H groups in total. The lowest BCUT2D eigenvalue weighted by molar-refractivity contribution is 0.260. The van der Waals surface area contributed by atoms with Crippen molar-refractivity contribution in [3.63, 3.8) is 0 Å². The molecular formula is C24H32O3. The molecule has 0 spiro atoms. The van der Waals surface area contributed by atoms with Crippen LogP contribution in [0, 0.1) is 33.6 Å². The second-order valence-corrected chi connectivity index (χ2v) is 7.90. The van der Waals surface area contributed by atoms with E-state index in [0.717, 1.165) is 30.6 Å². The fourth-order valence-electron chi connectivity index (χ4n) is 3.52. The minimum absolute atomic E-state index is 0. The SMILES string of the molecule is C.Cc1cc(-c2cc(C)c(OCC3CO3)c(C)c2)cc(C)c1OCC1CC1. The summed E-state index contributed by atoms with van der Waals surface area (Å²) in [6, 6.07) is 8.91. The second-order valence-electron chi connectivity index (χ2n) is 7.90. The van der Waals surface area contributed by atoms with Crippen LogP contribution in [0.5, 0.6) is 11.5 Å². The van der Waals surface area contributed by atoms with Crippen LogP contribution in [0.3, 0.4) is 0 Å². The van der Waals surface area contributed by atoms with Gasteiger partial charge in [0.1, 0.15) is 24.2 Å². The molecule has 2 fully saturated rings. The summed E-state index contributed by atoms with van der Waals surface area (Å²) in [6.07, 6.45) is 2.91. The van der Waals surface area contributed by atoms with Crippen molar-refractivity contribution in [2.45, 2.75) is 54.1 Å². The maximum Gasteiger partial charge on any atom is 0.125 e. The summed E-state index contributed by atoms with van der Waals surface area (Å²) in [5, 5.41) is 0. The van der Waals surface area contributed by atoms with Crippen molar-refractivity contribution in [1.29, 1.82) is 0 Å². The minimum Gasteiger partial charge on any atom is -0.493 e. The smallest absolute Gasteiger partial charge is 0.125 e. The molecule has 1 atom stereocenters. The molecule has 3 nitrogen and oxygen atoms in total. The lowest BCUT2D eigenvalue weighted by atomic mass is 9.96. The zero-order valence-electron chi connectivity index (χ0n) is 16.2. The molecule has 0 amide bonds. The molecule has 2 aromatic carbocycles. The summed E-state index contributed by atoms with van der Waals surface area (Å²) in [4.78, 5) is 0. The van der Waals surface area contributed by atoms with Crippen LogP contribution in [0.15, 0.2) is 24.3 Å². The molecule has 0 aromatic heterocycles. The third kappa shape index (κ3) is 4.65. The van der Waals surface area contributed by atoms with E-state index in [1.54, 1.807) is 0 Å². The van der Waals surface area contributed by atoms with E-state index < -0.39 is 0 Å². The molecule has 4 rings (SSSR count). The van der Waals surface area contributed by atoms with E-state index in [1.807, 2.05) is 0 Å². The molecule has 3 heteroatoms. The molecule has 2 aromatic rings. The summed E-state index contributed by atoms with van der Waals surface area (Å²) in [6.45, 7) is 10.8. The van der Waals surface area contributed by atoms with Crippen molar-refractivity contribution in [2.75, 3.05) is 19.8 Å². The standard InChI is InChI=1S/C23H28O3.CH4/c1-14-7-19(8-15(2)22(14)25-11-18-5-6-18)20-9-16(3)23(17(4)10-20)26-13-21-12-24-21;/h7-10,18,21H,5-6,11-13H2,1-4H3;1H4. The summed E-state index contributed by atoms with van der Waals surface area (Å²) >= 11 is 0. The predicted octanol–water partition coefficient (Wildman–Crippen LogP) is 5.79. The molecule has 146 valence electrons. The molecule has 2 aliphatic rings. The van der Waals surface area contributed by atoms with Gasteiger partial charge in [-0.25, -0.2) is 0 Å². The lowest BCUT2D eigenvalue weighted by Gasteiger charge is -2.16. The average molecular weight is 369 g/mol. The largest absolute Gasteiger partial charge is 0.493 e. The topological polar surface area (TPSA) is 31.0 Å². The van der Waals surface area contributed by atoms with Gasteiger partial charge in [0.15, 0.2) is 0 Å². The zero-order valence-corrected chi connectivity index (χ0v) is 16.2. The number of ether oxygens (including phenoxy) is 3. The van der Waals surface area contributed by atoms with Crippen LogP contribution in [-0.2, 0) is 4.74 Å². The Labute approximate surface area is 163 Å². The predicted molar refractivity (Wildman–Crippen MR) is 111 cm³/mol. The van der Waals surface area contributed by atoms with Crippen molar-refractivity contribution in [2.24, 2.45) is 5.92 Å². The Kier molecular flexibility index (Phi) is 5.81. The molecule has 0 radical (unpaired) electrons. The second kappa shape index (κ2) is 7.93. The van der Waals surface area contributed by atoms with Crippen molar-refractivity contribution in [3.8, 4) is 22.6 Å². The van der Waals surface area contributed by atoms with Gasteiger partial charge in [-0.15, -0.1) is 0 Å². The fourth-order valence-corrected chi connectivity index (χ4v) is 3.52. The third-order valence-electron chi connectivity index (χ3n) is 5.23. The number of hydrogen-bond donors (Lipinski definition) is 0. The van der Waals surface area contributed by atoms with Gasteiger partial charge in [0.2, 0.25) is 0 Å². The monoisotopic (exact) mass is 368 g/mol. The van der Waals surface area contributed by atoms with Gasteiger partial charge in [-0.05, 0) is 104 Å². The average Bonchev–Trinajstić information content (AvgIpc) is 3.47. The van der Waals surface area contributed by atoms with Gasteiger partial charge in [0.25, 0.3) is 0 Å². The highest BCUT2D eigenvalue weighted by Crippen LogP contribution is 2.36. The first kappa shape index (κ1) is 19.8. The maximum atomic E-state index is 6.08. The van der Waals surface area contributed by atoms with Gasteiger partial charge in [0, 0.05) is 0 Å².